The minimum absolute atomic E-state index is 0.387. The van der Waals surface area contributed by atoms with Crippen molar-refractivity contribution in [3.63, 3.8) is 0 Å². The molecule has 0 amide bonds. The van der Waals surface area contributed by atoms with Gasteiger partial charge >= 0.3 is 0 Å². The van der Waals surface area contributed by atoms with Gasteiger partial charge in [0.1, 0.15) is 0 Å². The fourth-order valence-electron chi connectivity index (χ4n) is 0.782. The number of hydrogen-bond donors (Lipinski definition) is 1. The Morgan fingerprint density at radius 3 is 2.50 bits per heavy atom. The van der Waals surface area contributed by atoms with Gasteiger partial charge in [-0.05, 0) is 0 Å². The van der Waals surface area contributed by atoms with E-state index in [9.17, 15) is 0 Å². The minimum atomic E-state index is -0.403. The van der Waals surface area contributed by atoms with E-state index in [1.54, 1.807) is 7.11 Å². The Morgan fingerprint density at radius 1 is 1.33 bits per heavy atom. The summed E-state index contributed by atoms with van der Waals surface area (Å²) in [6.45, 7) is 3.77. The minimum Gasteiger partial charge on any atom is -0.390 e. The van der Waals surface area contributed by atoms with Gasteiger partial charge in [0.25, 0.3) is 0 Å². The fourth-order valence-corrected chi connectivity index (χ4v) is 0.969. The molecule has 0 aromatic heterocycles. The smallest absolute Gasteiger partial charge is 0.0870 e. The van der Waals surface area contributed by atoms with Gasteiger partial charge < -0.3 is 14.6 Å². The summed E-state index contributed by atoms with van der Waals surface area (Å²) in [7, 11) is 1.67. The van der Waals surface area contributed by atoms with Crippen molar-refractivity contribution in [1.82, 2.24) is 0 Å². The number of hydrogen-bond acceptors (Lipinski definition) is 3. The van der Waals surface area contributed by atoms with Crippen LogP contribution in [0, 0.1) is 5.92 Å². The topological polar surface area (TPSA) is 38.7 Å². The molecule has 0 aliphatic heterocycles. The summed E-state index contributed by atoms with van der Waals surface area (Å²) in [4.78, 5) is 0. The highest BCUT2D eigenvalue weighted by Gasteiger charge is 2.04. The molecule has 0 bridgehead atoms. The zero-order chi connectivity index (χ0) is 9.40. The van der Waals surface area contributed by atoms with Crippen LogP contribution in [0.2, 0.25) is 0 Å². The van der Waals surface area contributed by atoms with Crippen molar-refractivity contribution in [2.45, 2.75) is 13.0 Å². The monoisotopic (exact) mass is 240 g/mol. The highest BCUT2D eigenvalue weighted by atomic mass is 79.9. The van der Waals surface area contributed by atoms with Crippen molar-refractivity contribution in [2.75, 3.05) is 32.3 Å². The first-order chi connectivity index (χ1) is 5.70. The number of methoxy groups -OCH3 is 1. The predicted octanol–water partition coefficient (Wildman–Crippen LogP) is 1.04. The Morgan fingerprint density at radius 2 is 2.00 bits per heavy atom. The van der Waals surface area contributed by atoms with Gasteiger partial charge in [-0.2, -0.15) is 0 Å². The second-order valence-electron chi connectivity index (χ2n) is 2.91. The first-order valence-electron chi connectivity index (χ1n) is 4.01. The maximum absolute atomic E-state index is 9.10. The van der Waals surface area contributed by atoms with Crippen LogP contribution in [0.25, 0.3) is 0 Å². The third kappa shape index (κ3) is 7.03. The summed E-state index contributed by atoms with van der Waals surface area (Å²) in [6.07, 6.45) is -0.403. The lowest BCUT2D eigenvalue weighted by molar-refractivity contribution is 0.0187. The number of halogens is 1. The van der Waals surface area contributed by atoms with Crippen LogP contribution in [0.5, 0.6) is 0 Å². The van der Waals surface area contributed by atoms with Crippen LogP contribution >= 0.6 is 15.9 Å². The standard InChI is InChI=1S/C8H17BrO3/c1-7(4-11-2)5-12-6-8(10)3-9/h7-8,10H,3-6H2,1-2H3. The van der Waals surface area contributed by atoms with Gasteiger partial charge in [-0.25, -0.2) is 0 Å². The molecule has 0 aliphatic rings. The zero-order valence-electron chi connectivity index (χ0n) is 7.62. The quantitative estimate of drug-likeness (QED) is 0.677. The maximum Gasteiger partial charge on any atom is 0.0870 e. The van der Waals surface area contributed by atoms with Crippen LogP contribution in [-0.4, -0.2) is 43.5 Å². The molecule has 0 fully saturated rings. The van der Waals surface area contributed by atoms with Crippen LogP contribution in [0.3, 0.4) is 0 Å². The Balaban J connectivity index is 3.18. The molecule has 1 N–H and O–H groups in total. The van der Waals surface area contributed by atoms with Crippen molar-refractivity contribution in [2.24, 2.45) is 5.92 Å². The number of rotatable bonds is 7. The third-order valence-corrected chi connectivity index (χ3v) is 2.09. The average Bonchev–Trinajstić information content (AvgIpc) is 2.04. The normalized spacial score (nSPS) is 16.0. The zero-order valence-corrected chi connectivity index (χ0v) is 9.21. The molecule has 12 heavy (non-hydrogen) atoms. The van der Waals surface area contributed by atoms with Gasteiger partial charge in [-0.15, -0.1) is 0 Å². The van der Waals surface area contributed by atoms with Gasteiger partial charge in [-0.1, -0.05) is 22.9 Å². The van der Waals surface area contributed by atoms with Gasteiger partial charge in [0, 0.05) is 18.4 Å². The molecule has 0 saturated heterocycles. The molecule has 74 valence electrons. The van der Waals surface area contributed by atoms with Crippen LogP contribution in [0.1, 0.15) is 6.92 Å². The molecule has 0 spiro atoms. The molecule has 0 radical (unpaired) electrons. The van der Waals surface area contributed by atoms with E-state index in [4.69, 9.17) is 14.6 Å². The summed E-state index contributed by atoms with van der Waals surface area (Å²) in [5, 5.41) is 9.66. The molecule has 0 rings (SSSR count). The number of alkyl halides is 1. The second-order valence-corrected chi connectivity index (χ2v) is 3.55. The van der Waals surface area contributed by atoms with E-state index in [2.05, 4.69) is 15.9 Å². The van der Waals surface area contributed by atoms with Crippen LogP contribution in [-0.2, 0) is 9.47 Å². The number of ether oxygens (including phenoxy) is 2. The largest absolute Gasteiger partial charge is 0.390 e. The Kier molecular flexibility index (Phi) is 8.22. The summed E-state index contributed by atoms with van der Waals surface area (Å²) in [5.41, 5.74) is 0. The molecule has 0 aromatic carbocycles. The Bertz CT molecular complexity index is 100. The summed E-state index contributed by atoms with van der Waals surface area (Å²) in [5.74, 6) is 0.387. The molecular weight excluding hydrogens is 224 g/mol. The van der Waals surface area contributed by atoms with E-state index >= 15 is 0 Å². The summed E-state index contributed by atoms with van der Waals surface area (Å²) < 4.78 is 10.2. The molecular formula is C8H17BrO3. The van der Waals surface area contributed by atoms with Crippen molar-refractivity contribution >= 4 is 15.9 Å². The Hall–Kier alpha value is 0.360. The molecule has 2 atom stereocenters. The Labute approximate surface area is 82.2 Å². The van der Waals surface area contributed by atoms with Gasteiger partial charge in [0.15, 0.2) is 0 Å². The van der Waals surface area contributed by atoms with Crippen molar-refractivity contribution in [1.29, 1.82) is 0 Å². The van der Waals surface area contributed by atoms with E-state index in [1.807, 2.05) is 6.92 Å². The molecule has 0 saturated carbocycles. The van der Waals surface area contributed by atoms with E-state index in [1.165, 1.54) is 0 Å². The van der Waals surface area contributed by atoms with E-state index in [0.717, 1.165) is 0 Å². The van der Waals surface area contributed by atoms with Crippen molar-refractivity contribution < 1.29 is 14.6 Å². The highest BCUT2D eigenvalue weighted by molar-refractivity contribution is 9.09. The highest BCUT2D eigenvalue weighted by Crippen LogP contribution is 1.98. The molecule has 2 unspecified atom stereocenters. The van der Waals surface area contributed by atoms with Crippen molar-refractivity contribution in [3.05, 3.63) is 0 Å². The van der Waals surface area contributed by atoms with Gasteiger partial charge in [-0.3, -0.25) is 0 Å². The summed E-state index contributed by atoms with van der Waals surface area (Å²) in [6, 6.07) is 0. The summed E-state index contributed by atoms with van der Waals surface area (Å²) >= 11 is 3.16. The molecule has 0 aromatic rings. The van der Waals surface area contributed by atoms with Crippen LogP contribution < -0.4 is 0 Å². The molecule has 0 aliphatic carbocycles. The lowest BCUT2D eigenvalue weighted by Crippen LogP contribution is -2.20. The fraction of sp³-hybridized carbons (Fsp3) is 1.00. The van der Waals surface area contributed by atoms with Crippen LogP contribution in [0.4, 0.5) is 0 Å². The van der Waals surface area contributed by atoms with Crippen molar-refractivity contribution in [3.8, 4) is 0 Å². The first kappa shape index (κ1) is 12.4. The van der Waals surface area contributed by atoms with E-state index < -0.39 is 6.10 Å². The van der Waals surface area contributed by atoms with Gasteiger partial charge in [0.05, 0.1) is 25.9 Å². The SMILES string of the molecule is COCC(C)COCC(O)CBr. The molecule has 3 nitrogen and oxygen atoms in total. The lowest BCUT2D eigenvalue weighted by atomic mass is 10.2. The van der Waals surface area contributed by atoms with Crippen LogP contribution in [0.15, 0.2) is 0 Å². The third-order valence-electron chi connectivity index (χ3n) is 1.34. The lowest BCUT2D eigenvalue weighted by Gasteiger charge is -2.12. The number of aliphatic hydroxyl groups excluding tert-OH is 1. The molecule has 0 heterocycles. The number of aliphatic hydroxyl groups is 1. The second kappa shape index (κ2) is 7.98. The first-order valence-corrected chi connectivity index (χ1v) is 5.13. The van der Waals surface area contributed by atoms with E-state index in [-0.39, 0.29) is 0 Å². The van der Waals surface area contributed by atoms with E-state index in [0.29, 0.717) is 31.1 Å². The molecule has 4 heteroatoms. The predicted molar refractivity (Wildman–Crippen MR) is 51.7 cm³/mol. The average molecular weight is 241 g/mol. The van der Waals surface area contributed by atoms with Gasteiger partial charge in [0.2, 0.25) is 0 Å². The maximum atomic E-state index is 9.10.